The number of hydrogen-bond acceptors (Lipinski definition) is 4. The number of fused-ring (bicyclic) bond motifs is 1. The SMILES string of the molecule is CCNC(=O)OC1OC(=O)C2C3C=CC(CC3)C12. The zero-order chi connectivity index (χ0) is 12.7. The number of amides is 1. The number of rotatable bonds is 2. The molecule has 18 heavy (non-hydrogen) atoms. The Hall–Kier alpha value is -1.52. The standard InChI is InChI=1S/C13H17NO4/c1-2-14-13(16)18-12-10-8-5-3-7(4-6-8)9(10)11(15)17-12/h3,5,7-10,12H,2,4,6H2,1H3,(H,14,16). The molecule has 0 aromatic rings. The molecule has 1 saturated heterocycles. The average Bonchev–Trinajstić information content (AvgIpc) is 2.71. The fourth-order valence-electron chi connectivity index (χ4n) is 3.40. The first-order chi connectivity index (χ1) is 8.70. The quantitative estimate of drug-likeness (QED) is 0.596. The van der Waals surface area contributed by atoms with Crippen molar-refractivity contribution in [2.24, 2.45) is 23.7 Å². The van der Waals surface area contributed by atoms with E-state index in [9.17, 15) is 9.59 Å². The third kappa shape index (κ3) is 1.69. The number of esters is 1. The van der Waals surface area contributed by atoms with Gasteiger partial charge in [0, 0.05) is 6.54 Å². The van der Waals surface area contributed by atoms with Gasteiger partial charge in [0.05, 0.1) is 11.8 Å². The van der Waals surface area contributed by atoms with Gasteiger partial charge < -0.3 is 14.8 Å². The molecule has 3 aliphatic carbocycles. The van der Waals surface area contributed by atoms with Crippen molar-refractivity contribution in [3.05, 3.63) is 12.2 Å². The minimum absolute atomic E-state index is 0.00357. The summed E-state index contributed by atoms with van der Waals surface area (Å²) in [6.45, 7) is 2.32. The van der Waals surface area contributed by atoms with Gasteiger partial charge >= 0.3 is 12.1 Å². The number of hydrogen-bond donors (Lipinski definition) is 1. The maximum atomic E-state index is 11.9. The summed E-state index contributed by atoms with van der Waals surface area (Å²) in [6.07, 6.45) is 5.11. The van der Waals surface area contributed by atoms with Gasteiger partial charge in [-0.05, 0) is 31.6 Å². The molecule has 5 nitrogen and oxygen atoms in total. The Morgan fingerprint density at radius 3 is 2.83 bits per heavy atom. The van der Waals surface area contributed by atoms with Crippen LogP contribution in [0.2, 0.25) is 0 Å². The maximum Gasteiger partial charge on any atom is 0.410 e. The van der Waals surface area contributed by atoms with Gasteiger partial charge in [-0.25, -0.2) is 4.79 Å². The van der Waals surface area contributed by atoms with Crippen LogP contribution in [0.4, 0.5) is 4.79 Å². The summed E-state index contributed by atoms with van der Waals surface area (Å²) in [7, 11) is 0. The number of ether oxygens (including phenoxy) is 2. The van der Waals surface area contributed by atoms with Gasteiger partial charge in [-0.2, -0.15) is 0 Å². The second kappa shape index (κ2) is 4.30. The molecule has 98 valence electrons. The first-order valence-electron chi connectivity index (χ1n) is 6.54. The molecule has 4 rings (SSSR count). The van der Waals surface area contributed by atoms with Gasteiger partial charge in [-0.1, -0.05) is 12.2 Å². The van der Waals surface area contributed by atoms with E-state index in [1.165, 1.54) is 0 Å². The van der Waals surface area contributed by atoms with Crippen molar-refractivity contribution in [3.63, 3.8) is 0 Å². The summed E-state index contributed by atoms with van der Waals surface area (Å²) in [6, 6.07) is 0. The second-order valence-electron chi connectivity index (χ2n) is 5.13. The van der Waals surface area contributed by atoms with Crippen LogP contribution >= 0.6 is 0 Å². The van der Waals surface area contributed by atoms with E-state index in [0.717, 1.165) is 12.8 Å². The molecule has 5 unspecified atom stereocenters. The highest BCUT2D eigenvalue weighted by molar-refractivity contribution is 5.77. The van der Waals surface area contributed by atoms with Crippen molar-refractivity contribution in [2.75, 3.05) is 6.54 Å². The molecular weight excluding hydrogens is 234 g/mol. The van der Waals surface area contributed by atoms with Crippen LogP contribution in [0.1, 0.15) is 19.8 Å². The lowest BCUT2D eigenvalue weighted by molar-refractivity contribution is -0.157. The zero-order valence-corrected chi connectivity index (χ0v) is 10.3. The van der Waals surface area contributed by atoms with Gasteiger partial charge in [0.25, 0.3) is 6.29 Å². The highest BCUT2D eigenvalue weighted by Gasteiger charge is 2.56. The molecule has 2 fully saturated rings. The van der Waals surface area contributed by atoms with Crippen molar-refractivity contribution in [3.8, 4) is 0 Å². The maximum absolute atomic E-state index is 11.9. The lowest BCUT2D eigenvalue weighted by atomic mass is 9.63. The summed E-state index contributed by atoms with van der Waals surface area (Å²) in [5, 5.41) is 2.56. The summed E-state index contributed by atoms with van der Waals surface area (Å²) in [4.78, 5) is 23.3. The molecule has 1 amide bonds. The highest BCUT2D eigenvalue weighted by atomic mass is 16.7. The molecule has 2 bridgehead atoms. The predicted octanol–water partition coefficient (Wildman–Crippen LogP) is 1.44. The molecule has 0 aromatic heterocycles. The Morgan fingerprint density at radius 1 is 1.44 bits per heavy atom. The molecule has 5 atom stereocenters. The Labute approximate surface area is 106 Å². The number of allylic oxidation sites excluding steroid dienone is 2. The van der Waals surface area contributed by atoms with Crippen molar-refractivity contribution in [1.29, 1.82) is 0 Å². The Balaban J connectivity index is 1.76. The minimum Gasteiger partial charge on any atom is -0.424 e. The predicted molar refractivity (Wildman–Crippen MR) is 62.4 cm³/mol. The first kappa shape index (κ1) is 11.6. The van der Waals surface area contributed by atoms with Gasteiger partial charge in [0.2, 0.25) is 0 Å². The normalized spacial score (nSPS) is 40.3. The van der Waals surface area contributed by atoms with Crippen LogP contribution in [-0.4, -0.2) is 24.9 Å². The van der Waals surface area contributed by atoms with Crippen LogP contribution in [0, 0.1) is 23.7 Å². The monoisotopic (exact) mass is 251 g/mol. The highest BCUT2D eigenvalue weighted by Crippen LogP contribution is 2.50. The van der Waals surface area contributed by atoms with Crippen molar-refractivity contribution < 1.29 is 19.1 Å². The van der Waals surface area contributed by atoms with E-state index in [-0.39, 0.29) is 23.7 Å². The van der Waals surface area contributed by atoms with Crippen LogP contribution in [0.25, 0.3) is 0 Å². The Bertz CT molecular complexity index is 406. The largest absolute Gasteiger partial charge is 0.424 e. The summed E-state index contributed by atoms with van der Waals surface area (Å²) in [5.41, 5.74) is 0. The first-order valence-corrected chi connectivity index (χ1v) is 6.54. The molecule has 5 heteroatoms. The number of alkyl carbamates (subject to hydrolysis) is 1. The molecule has 0 radical (unpaired) electrons. The number of carbonyl (C=O) groups is 2. The van der Waals surface area contributed by atoms with Gasteiger partial charge in [-0.15, -0.1) is 0 Å². The Kier molecular flexibility index (Phi) is 2.76. The van der Waals surface area contributed by atoms with Crippen molar-refractivity contribution in [2.45, 2.75) is 26.1 Å². The van der Waals surface area contributed by atoms with E-state index >= 15 is 0 Å². The molecule has 1 aliphatic heterocycles. The van der Waals surface area contributed by atoms with E-state index in [1.54, 1.807) is 0 Å². The molecule has 4 aliphatic rings. The third-order valence-electron chi connectivity index (χ3n) is 4.17. The minimum atomic E-state index is -0.716. The van der Waals surface area contributed by atoms with E-state index in [1.807, 2.05) is 6.92 Å². The van der Waals surface area contributed by atoms with Crippen LogP contribution < -0.4 is 5.32 Å². The van der Waals surface area contributed by atoms with E-state index in [0.29, 0.717) is 12.5 Å². The molecular formula is C13H17NO4. The van der Waals surface area contributed by atoms with Crippen molar-refractivity contribution in [1.82, 2.24) is 5.32 Å². The number of carbonyl (C=O) groups excluding carboxylic acids is 2. The molecule has 1 saturated carbocycles. The average molecular weight is 251 g/mol. The van der Waals surface area contributed by atoms with E-state index < -0.39 is 12.4 Å². The van der Waals surface area contributed by atoms with Crippen LogP contribution in [0.15, 0.2) is 12.2 Å². The number of cyclic esters (lactones) is 1. The zero-order valence-electron chi connectivity index (χ0n) is 10.3. The van der Waals surface area contributed by atoms with Gasteiger partial charge in [0.15, 0.2) is 0 Å². The number of nitrogens with one attached hydrogen (secondary N) is 1. The molecule has 1 N–H and O–H groups in total. The summed E-state index contributed by atoms with van der Waals surface area (Å²) >= 11 is 0. The molecule has 0 spiro atoms. The summed E-state index contributed by atoms with van der Waals surface area (Å²) < 4.78 is 10.5. The molecule has 1 heterocycles. The topological polar surface area (TPSA) is 64.6 Å². The van der Waals surface area contributed by atoms with E-state index in [4.69, 9.17) is 9.47 Å². The van der Waals surface area contributed by atoms with Gasteiger partial charge in [-0.3, -0.25) is 4.79 Å². The fraction of sp³-hybridized carbons (Fsp3) is 0.692. The van der Waals surface area contributed by atoms with Crippen LogP contribution in [0.5, 0.6) is 0 Å². The van der Waals surface area contributed by atoms with Gasteiger partial charge in [0.1, 0.15) is 0 Å². The molecule has 0 aromatic carbocycles. The fourth-order valence-corrected chi connectivity index (χ4v) is 3.40. The van der Waals surface area contributed by atoms with Crippen LogP contribution in [0.3, 0.4) is 0 Å². The Morgan fingerprint density at radius 2 is 2.17 bits per heavy atom. The smallest absolute Gasteiger partial charge is 0.410 e. The third-order valence-corrected chi connectivity index (χ3v) is 4.17. The lowest BCUT2D eigenvalue weighted by Crippen LogP contribution is -2.42. The van der Waals surface area contributed by atoms with E-state index in [2.05, 4.69) is 17.5 Å². The lowest BCUT2D eigenvalue weighted by Gasteiger charge is -2.39. The summed E-state index contributed by atoms with van der Waals surface area (Å²) in [5.74, 6) is 0.228. The second-order valence-corrected chi connectivity index (χ2v) is 5.13. The van der Waals surface area contributed by atoms with Crippen molar-refractivity contribution >= 4 is 12.1 Å². The van der Waals surface area contributed by atoms with Crippen LogP contribution in [-0.2, 0) is 14.3 Å².